The van der Waals surface area contributed by atoms with Gasteiger partial charge in [0.25, 0.3) is 0 Å². The van der Waals surface area contributed by atoms with Gasteiger partial charge in [0, 0.05) is 18.6 Å². The lowest BCUT2D eigenvalue weighted by Gasteiger charge is -2.50. The van der Waals surface area contributed by atoms with Gasteiger partial charge in [-0.1, -0.05) is 42.5 Å². The van der Waals surface area contributed by atoms with Gasteiger partial charge < -0.3 is 19.9 Å². The summed E-state index contributed by atoms with van der Waals surface area (Å²) in [6, 6.07) is 20.1. The number of amides is 3. The summed E-state index contributed by atoms with van der Waals surface area (Å²) in [5.41, 5.74) is 1.75. The van der Waals surface area contributed by atoms with Gasteiger partial charge in [-0.05, 0) is 63.0 Å². The maximum Gasteiger partial charge on any atom is 0.321 e. The van der Waals surface area contributed by atoms with E-state index < -0.39 is 5.54 Å². The van der Waals surface area contributed by atoms with Crippen LogP contribution in [0.2, 0.25) is 0 Å². The molecule has 1 saturated carbocycles. The molecule has 1 N–H and O–H groups in total. The van der Waals surface area contributed by atoms with Crippen LogP contribution in [0.5, 0.6) is 5.75 Å². The molecule has 3 amide bonds. The Balaban J connectivity index is 1.59. The zero-order valence-corrected chi connectivity index (χ0v) is 21.4. The lowest BCUT2D eigenvalue weighted by atomic mass is 9.68. The summed E-state index contributed by atoms with van der Waals surface area (Å²) in [4.78, 5) is 32.2. The Bertz CT molecular complexity index is 1100. The summed E-state index contributed by atoms with van der Waals surface area (Å²) in [5.74, 6) is 0.468. The van der Waals surface area contributed by atoms with Crippen LogP contribution in [-0.4, -0.2) is 73.0 Å². The Kier molecular flexibility index (Phi) is 7.51. The molecule has 0 bridgehead atoms. The summed E-state index contributed by atoms with van der Waals surface area (Å²) in [5, 5.41) is 11.5. The van der Waals surface area contributed by atoms with Crippen molar-refractivity contribution in [3.05, 3.63) is 65.7 Å². The monoisotopic (exact) mass is 489 g/mol. The lowest BCUT2D eigenvalue weighted by molar-refractivity contribution is -0.122. The van der Waals surface area contributed by atoms with E-state index in [9.17, 15) is 9.59 Å². The fourth-order valence-corrected chi connectivity index (χ4v) is 5.83. The van der Waals surface area contributed by atoms with E-state index in [0.29, 0.717) is 13.1 Å². The number of carbonyl (C=O) groups is 2. The topological polar surface area (TPSA) is 88.9 Å². The number of hydrogen-bond acceptors (Lipinski definition) is 5. The van der Waals surface area contributed by atoms with E-state index in [4.69, 9.17) is 10.00 Å². The van der Waals surface area contributed by atoms with Crippen molar-refractivity contribution in [2.75, 3.05) is 40.8 Å². The molecule has 2 fully saturated rings. The van der Waals surface area contributed by atoms with Crippen LogP contribution in [0.1, 0.15) is 36.8 Å². The fourth-order valence-electron chi connectivity index (χ4n) is 5.83. The van der Waals surface area contributed by atoms with Crippen molar-refractivity contribution in [1.29, 1.82) is 5.26 Å². The Hall–Kier alpha value is -3.57. The molecule has 1 spiro atoms. The average molecular weight is 490 g/mol. The summed E-state index contributed by atoms with van der Waals surface area (Å²) in [6.07, 6.45) is 3.33. The van der Waals surface area contributed by atoms with Crippen LogP contribution >= 0.6 is 0 Å². The minimum atomic E-state index is -0.429. The van der Waals surface area contributed by atoms with E-state index in [1.807, 2.05) is 41.3 Å². The van der Waals surface area contributed by atoms with Crippen LogP contribution in [0, 0.1) is 11.3 Å². The molecule has 0 radical (unpaired) electrons. The molecule has 2 aromatic rings. The second kappa shape index (κ2) is 10.6. The second-order valence-corrected chi connectivity index (χ2v) is 10.0. The van der Waals surface area contributed by atoms with Crippen molar-refractivity contribution in [3.63, 3.8) is 0 Å². The molecule has 1 aliphatic heterocycles. The van der Waals surface area contributed by atoms with E-state index in [0.717, 1.165) is 37.0 Å². The van der Waals surface area contributed by atoms with Gasteiger partial charge in [0.05, 0.1) is 18.7 Å². The molecule has 0 atom stereocenters. The molecular formula is C28H35N5O3. The van der Waals surface area contributed by atoms with Crippen molar-refractivity contribution in [3.8, 4) is 11.8 Å². The van der Waals surface area contributed by atoms with Crippen LogP contribution < -0.4 is 10.1 Å². The minimum Gasteiger partial charge on any atom is -0.497 e. The van der Waals surface area contributed by atoms with E-state index in [1.54, 1.807) is 12.0 Å². The summed E-state index contributed by atoms with van der Waals surface area (Å²) < 4.78 is 5.26. The van der Waals surface area contributed by atoms with Gasteiger partial charge in [0.1, 0.15) is 18.8 Å². The molecule has 8 nitrogen and oxygen atoms in total. The third kappa shape index (κ3) is 4.89. The standard InChI is InChI=1S/C28H35N5O3/c1-31(2)28(23-7-5-4-6-8-23)15-13-27(14-16-28)21-32(19-22-9-11-24(36-3)12-10-22)26(35)33(27)20-25(34)30-18-17-29/h4-12H,13-16,18-21H2,1-3H3,(H,30,34). The third-order valence-corrected chi connectivity index (χ3v) is 7.93. The Labute approximate surface area is 213 Å². The molecule has 2 aliphatic rings. The first kappa shape index (κ1) is 25.5. The number of hydrogen-bond donors (Lipinski definition) is 1. The van der Waals surface area contributed by atoms with E-state index in [2.05, 4.69) is 48.6 Å². The molecule has 0 unspecified atom stereocenters. The zero-order chi connectivity index (χ0) is 25.8. The highest BCUT2D eigenvalue weighted by atomic mass is 16.5. The van der Waals surface area contributed by atoms with Crippen LogP contribution in [0.3, 0.4) is 0 Å². The average Bonchev–Trinajstić information content (AvgIpc) is 3.14. The van der Waals surface area contributed by atoms with E-state index >= 15 is 0 Å². The quantitative estimate of drug-likeness (QED) is 0.575. The molecular weight excluding hydrogens is 454 g/mol. The third-order valence-electron chi connectivity index (χ3n) is 7.93. The number of nitrogens with zero attached hydrogens (tertiary/aromatic N) is 4. The van der Waals surface area contributed by atoms with Crippen LogP contribution in [-0.2, 0) is 16.9 Å². The first-order valence-electron chi connectivity index (χ1n) is 12.4. The predicted octanol–water partition coefficient (Wildman–Crippen LogP) is 3.34. The summed E-state index contributed by atoms with van der Waals surface area (Å²) >= 11 is 0. The molecule has 8 heteroatoms. The normalized spacial score (nSPS) is 23.7. The van der Waals surface area contributed by atoms with Crippen molar-refractivity contribution < 1.29 is 14.3 Å². The van der Waals surface area contributed by atoms with Crippen LogP contribution in [0.25, 0.3) is 0 Å². The molecule has 1 heterocycles. The van der Waals surface area contributed by atoms with Gasteiger partial charge in [-0.2, -0.15) is 5.26 Å². The zero-order valence-electron chi connectivity index (χ0n) is 21.4. The molecule has 0 aromatic heterocycles. The van der Waals surface area contributed by atoms with Crippen molar-refractivity contribution in [2.45, 2.75) is 43.3 Å². The highest BCUT2D eigenvalue weighted by Crippen LogP contribution is 2.49. The van der Waals surface area contributed by atoms with Crippen molar-refractivity contribution >= 4 is 11.9 Å². The number of ether oxygens (including phenoxy) is 1. The number of nitrogens with one attached hydrogen (secondary N) is 1. The highest BCUT2D eigenvalue weighted by molar-refractivity contribution is 5.86. The van der Waals surface area contributed by atoms with Crippen molar-refractivity contribution in [1.82, 2.24) is 20.0 Å². The van der Waals surface area contributed by atoms with Gasteiger partial charge in [-0.15, -0.1) is 0 Å². The molecule has 190 valence electrons. The Morgan fingerprint density at radius 1 is 1.08 bits per heavy atom. The number of nitriles is 1. The van der Waals surface area contributed by atoms with Gasteiger partial charge in [0.2, 0.25) is 5.91 Å². The van der Waals surface area contributed by atoms with E-state index in [-0.39, 0.29) is 30.6 Å². The van der Waals surface area contributed by atoms with Gasteiger partial charge >= 0.3 is 6.03 Å². The van der Waals surface area contributed by atoms with Crippen LogP contribution in [0.15, 0.2) is 54.6 Å². The fraction of sp³-hybridized carbons (Fsp3) is 0.464. The summed E-state index contributed by atoms with van der Waals surface area (Å²) in [7, 11) is 5.87. The number of urea groups is 1. The number of carbonyl (C=O) groups excluding carboxylic acids is 2. The Morgan fingerprint density at radius 3 is 2.33 bits per heavy atom. The van der Waals surface area contributed by atoms with E-state index in [1.165, 1.54) is 5.56 Å². The molecule has 4 rings (SSSR count). The summed E-state index contributed by atoms with van der Waals surface area (Å²) in [6.45, 7) is 0.932. The molecule has 36 heavy (non-hydrogen) atoms. The first-order chi connectivity index (χ1) is 17.3. The minimum absolute atomic E-state index is 0.0417. The SMILES string of the molecule is COc1ccc(CN2CC3(CCC(c4ccccc4)(N(C)C)CC3)N(CC(=O)NCC#N)C2=O)cc1. The second-order valence-electron chi connectivity index (χ2n) is 10.0. The number of benzene rings is 2. The maximum absolute atomic E-state index is 13.7. The van der Waals surface area contributed by atoms with Crippen LogP contribution in [0.4, 0.5) is 4.79 Å². The largest absolute Gasteiger partial charge is 0.497 e. The first-order valence-corrected chi connectivity index (χ1v) is 12.4. The number of rotatable bonds is 8. The predicted molar refractivity (Wildman–Crippen MR) is 137 cm³/mol. The Morgan fingerprint density at radius 2 is 1.75 bits per heavy atom. The number of methoxy groups -OCH3 is 1. The maximum atomic E-state index is 13.7. The van der Waals surface area contributed by atoms with Gasteiger partial charge in [-0.3, -0.25) is 9.69 Å². The molecule has 2 aromatic carbocycles. The highest BCUT2D eigenvalue weighted by Gasteiger charge is 2.54. The molecule has 1 saturated heterocycles. The van der Waals surface area contributed by atoms with Gasteiger partial charge in [0.15, 0.2) is 0 Å². The smallest absolute Gasteiger partial charge is 0.321 e. The molecule has 1 aliphatic carbocycles. The lowest BCUT2D eigenvalue weighted by Crippen LogP contribution is -2.57. The van der Waals surface area contributed by atoms with Crippen molar-refractivity contribution in [2.24, 2.45) is 0 Å². The van der Waals surface area contributed by atoms with Gasteiger partial charge in [-0.25, -0.2) is 4.79 Å².